The quantitative estimate of drug-likeness (QED) is 0.526. The molecule has 0 aliphatic rings. The van der Waals surface area contributed by atoms with Crippen LogP contribution in [0.3, 0.4) is 0 Å². The number of hydrogen-bond acceptors (Lipinski definition) is 4. The molecule has 1 aromatic heterocycles. The summed E-state index contributed by atoms with van der Waals surface area (Å²) in [6.07, 6.45) is 0.810. The largest absolute Gasteiger partial charge is 0.477 e. The lowest BCUT2D eigenvalue weighted by Crippen LogP contribution is -2.07. The van der Waals surface area contributed by atoms with Gasteiger partial charge in [0.1, 0.15) is 0 Å². The molecule has 0 fully saturated rings. The number of rotatable bonds is 9. The molecular weight excluding hydrogens is 290 g/mol. The molecule has 1 aromatic carbocycles. The summed E-state index contributed by atoms with van der Waals surface area (Å²) in [7, 11) is 1.66. The summed E-state index contributed by atoms with van der Waals surface area (Å²) in [4.78, 5) is 4.45. The summed E-state index contributed by atoms with van der Waals surface area (Å²) in [5, 5.41) is 2.10. The van der Waals surface area contributed by atoms with Gasteiger partial charge in [-0.15, -0.1) is 11.6 Å². The number of fused-ring (bicyclic) bond motifs is 1. The van der Waals surface area contributed by atoms with Crippen LogP contribution in [0.15, 0.2) is 30.3 Å². The molecule has 0 aliphatic heterocycles. The van der Waals surface area contributed by atoms with Crippen LogP contribution < -0.4 is 4.74 Å². The number of ether oxygens (including phenoxy) is 3. The van der Waals surface area contributed by atoms with Crippen LogP contribution >= 0.6 is 11.6 Å². The van der Waals surface area contributed by atoms with Gasteiger partial charge in [0.05, 0.1) is 31.4 Å². The molecule has 0 amide bonds. The summed E-state index contributed by atoms with van der Waals surface area (Å²) in [6.45, 7) is 2.44. The number of benzene rings is 1. The topological polar surface area (TPSA) is 40.6 Å². The SMILES string of the molecule is COCCOCCCOc1nc(CCl)cc2ccccc12. The van der Waals surface area contributed by atoms with Crippen LogP contribution in [0.5, 0.6) is 5.88 Å². The summed E-state index contributed by atoms with van der Waals surface area (Å²) in [6, 6.07) is 10.0. The molecule has 0 bridgehead atoms. The Morgan fingerprint density at radius 3 is 2.76 bits per heavy atom. The van der Waals surface area contributed by atoms with Gasteiger partial charge < -0.3 is 14.2 Å². The van der Waals surface area contributed by atoms with Crippen molar-refractivity contribution >= 4 is 22.4 Å². The molecule has 0 unspecified atom stereocenters. The predicted octanol–water partition coefficient (Wildman–Crippen LogP) is 3.41. The van der Waals surface area contributed by atoms with Gasteiger partial charge >= 0.3 is 0 Å². The predicted molar refractivity (Wildman–Crippen MR) is 84.1 cm³/mol. The zero-order chi connectivity index (χ0) is 14.9. The zero-order valence-corrected chi connectivity index (χ0v) is 12.9. The van der Waals surface area contributed by atoms with Gasteiger partial charge in [-0.2, -0.15) is 0 Å². The monoisotopic (exact) mass is 309 g/mol. The highest BCUT2D eigenvalue weighted by Gasteiger charge is 2.06. The third kappa shape index (κ3) is 4.84. The molecule has 2 rings (SSSR count). The summed E-state index contributed by atoms with van der Waals surface area (Å²) in [5.41, 5.74) is 0.821. The van der Waals surface area contributed by atoms with E-state index in [4.69, 9.17) is 25.8 Å². The van der Waals surface area contributed by atoms with Crippen LogP contribution in [-0.4, -0.2) is 38.5 Å². The minimum atomic E-state index is 0.376. The van der Waals surface area contributed by atoms with E-state index in [2.05, 4.69) is 4.98 Å². The van der Waals surface area contributed by atoms with E-state index in [1.165, 1.54) is 0 Å². The molecular formula is C16H20ClNO3. The van der Waals surface area contributed by atoms with Gasteiger partial charge in [0.25, 0.3) is 0 Å². The van der Waals surface area contributed by atoms with Crippen LogP contribution in [0.2, 0.25) is 0 Å². The van der Waals surface area contributed by atoms with Gasteiger partial charge in [0, 0.05) is 25.5 Å². The molecule has 0 radical (unpaired) electrons. The van der Waals surface area contributed by atoms with Crippen molar-refractivity contribution in [3.8, 4) is 5.88 Å². The number of hydrogen-bond donors (Lipinski definition) is 0. The van der Waals surface area contributed by atoms with Crippen LogP contribution in [0.4, 0.5) is 0 Å². The molecule has 1 heterocycles. The molecule has 0 aliphatic carbocycles. The van der Waals surface area contributed by atoms with Crippen molar-refractivity contribution in [2.24, 2.45) is 0 Å². The van der Waals surface area contributed by atoms with Crippen LogP contribution in [0, 0.1) is 0 Å². The van der Waals surface area contributed by atoms with E-state index in [0.717, 1.165) is 22.9 Å². The Morgan fingerprint density at radius 2 is 1.95 bits per heavy atom. The summed E-state index contributed by atoms with van der Waals surface area (Å²) < 4.78 is 16.1. The van der Waals surface area contributed by atoms with E-state index < -0.39 is 0 Å². The maximum Gasteiger partial charge on any atom is 0.221 e. The zero-order valence-electron chi connectivity index (χ0n) is 12.2. The van der Waals surface area contributed by atoms with Crippen molar-refractivity contribution in [2.75, 3.05) is 33.5 Å². The van der Waals surface area contributed by atoms with E-state index in [-0.39, 0.29) is 0 Å². The summed E-state index contributed by atoms with van der Waals surface area (Å²) in [5.74, 6) is 1.02. The third-order valence-corrected chi connectivity index (χ3v) is 3.27. The van der Waals surface area contributed by atoms with E-state index in [0.29, 0.717) is 38.2 Å². The molecule has 0 saturated heterocycles. The summed E-state index contributed by atoms with van der Waals surface area (Å²) >= 11 is 5.88. The fourth-order valence-corrected chi connectivity index (χ4v) is 2.11. The average molecular weight is 310 g/mol. The Bertz CT molecular complexity index is 562. The molecule has 0 atom stereocenters. The van der Waals surface area contributed by atoms with Crippen molar-refractivity contribution in [2.45, 2.75) is 12.3 Å². The van der Waals surface area contributed by atoms with E-state index in [1.807, 2.05) is 30.3 Å². The Hall–Kier alpha value is -1.36. The first-order valence-corrected chi connectivity index (χ1v) is 7.52. The average Bonchev–Trinajstić information content (AvgIpc) is 2.53. The fraction of sp³-hybridized carbons (Fsp3) is 0.438. The van der Waals surface area contributed by atoms with E-state index >= 15 is 0 Å². The second-order valence-electron chi connectivity index (χ2n) is 4.58. The molecule has 114 valence electrons. The highest BCUT2D eigenvalue weighted by atomic mass is 35.5. The van der Waals surface area contributed by atoms with E-state index in [1.54, 1.807) is 7.11 Å². The smallest absolute Gasteiger partial charge is 0.221 e. The van der Waals surface area contributed by atoms with Gasteiger partial charge in [0.15, 0.2) is 0 Å². The second kappa shape index (κ2) is 8.82. The number of alkyl halides is 1. The first-order chi connectivity index (χ1) is 10.3. The molecule has 2 aromatic rings. The van der Waals surface area contributed by atoms with Gasteiger partial charge in [-0.1, -0.05) is 18.2 Å². The number of halogens is 1. The van der Waals surface area contributed by atoms with Gasteiger partial charge in [-0.25, -0.2) is 4.98 Å². The lowest BCUT2D eigenvalue weighted by atomic mass is 10.1. The first-order valence-electron chi connectivity index (χ1n) is 6.99. The van der Waals surface area contributed by atoms with Crippen LogP contribution in [0.25, 0.3) is 10.8 Å². The van der Waals surface area contributed by atoms with Crippen molar-refractivity contribution in [3.63, 3.8) is 0 Å². The van der Waals surface area contributed by atoms with Gasteiger partial charge in [-0.3, -0.25) is 0 Å². The Balaban J connectivity index is 1.91. The Kier molecular flexibility index (Phi) is 6.73. The number of methoxy groups -OCH3 is 1. The number of nitrogens with zero attached hydrogens (tertiary/aromatic N) is 1. The molecule has 0 saturated carbocycles. The second-order valence-corrected chi connectivity index (χ2v) is 4.85. The lowest BCUT2D eigenvalue weighted by Gasteiger charge is -2.10. The first kappa shape index (κ1) is 16.0. The van der Waals surface area contributed by atoms with Crippen molar-refractivity contribution < 1.29 is 14.2 Å². The molecule has 0 N–H and O–H groups in total. The minimum absolute atomic E-state index is 0.376. The third-order valence-electron chi connectivity index (χ3n) is 3.00. The maximum atomic E-state index is 5.88. The van der Waals surface area contributed by atoms with Crippen LogP contribution in [0.1, 0.15) is 12.1 Å². The standard InChI is InChI=1S/C16H20ClNO3/c1-19-9-10-20-7-4-8-21-16-15-6-3-2-5-13(15)11-14(12-17)18-16/h2-3,5-6,11H,4,7-10,12H2,1H3. The van der Waals surface area contributed by atoms with Gasteiger partial charge in [-0.05, 0) is 17.5 Å². The van der Waals surface area contributed by atoms with Crippen molar-refractivity contribution in [3.05, 3.63) is 36.0 Å². The maximum absolute atomic E-state index is 5.88. The molecule has 5 heteroatoms. The van der Waals surface area contributed by atoms with Gasteiger partial charge in [0.2, 0.25) is 5.88 Å². The lowest BCUT2D eigenvalue weighted by molar-refractivity contribution is 0.0643. The van der Waals surface area contributed by atoms with E-state index in [9.17, 15) is 0 Å². The Morgan fingerprint density at radius 1 is 1.10 bits per heavy atom. The highest BCUT2D eigenvalue weighted by Crippen LogP contribution is 2.25. The number of aromatic nitrogens is 1. The van der Waals surface area contributed by atoms with Crippen molar-refractivity contribution in [1.29, 1.82) is 0 Å². The Labute approximate surface area is 130 Å². The van der Waals surface area contributed by atoms with Crippen molar-refractivity contribution in [1.82, 2.24) is 4.98 Å². The van der Waals surface area contributed by atoms with Crippen LogP contribution in [-0.2, 0) is 15.4 Å². The fourth-order valence-electron chi connectivity index (χ4n) is 1.97. The number of pyridine rings is 1. The highest BCUT2D eigenvalue weighted by molar-refractivity contribution is 6.17. The molecule has 0 spiro atoms. The minimum Gasteiger partial charge on any atom is -0.477 e. The molecule has 4 nitrogen and oxygen atoms in total. The normalized spacial score (nSPS) is 11.0. The molecule has 21 heavy (non-hydrogen) atoms.